The molecule has 0 rings (SSSR count). The summed E-state index contributed by atoms with van der Waals surface area (Å²) in [5.41, 5.74) is 0. The maximum Gasteiger partial charge on any atom is 0.303 e. The molecule has 0 aliphatic carbocycles. The molecular weight excluding hydrogens is 380 g/mol. The van der Waals surface area contributed by atoms with Crippen LogP contribution in [0.2, 0.25) is 0 Å². The monoisotopic (exact) mass is 415 g/mol. The number of amides is 2. The van der Waals surface area contributed by atoms with Crippen molar-refractivity contribution in [2.45, 2.75) is 64.2 Å². The van der Waals surface area contributed by atoms with Crippen LogP contribution in [0.4, 0.5) is 0 Å². The van der Waals surface area contributed by atoms with Gasteiger partial charge < -0.3 is 25.2 Å². The lowest BCUT2D eigenvalue weighted by molar-refractivity contribution is -0.137. The van der Waals surface area contributed by atoms with Gasteiger partial charge in [0.05, 0.1) is 26.4 Å². The number of nitrogens with one attached hydrogen (secondary N) is 2. The third-order valence-corrected chi connectivity index (χ3v) is 4.01. The zero-order valence-corrected chi connectivity index (χ0v) is 17.2. The molecule has 0 aromatic carbocycles. The number of aliphatic carboxylic acids is 1. The van der Waals surface area contributed by atoms with Crippen LogP contribution in [0.25, 0.3) is 0 Å². The lowest BCUT2D eigenvalue weighted by Crippen LogP contribution is -2.28. The van der Waals surface area contributed by atoms with Crippen LogP contribution in [0.5, 0.6) is 0 Å². The summed E-state index contributed by atoms with van der Waals surface area (Å²) < 4.78 is 10.6. The zero-order chi connectivity index (χ0) is 21.6. The van der Waals surface area contributed by atoms with Crippen LogP contribution >= 0.6 is 0 Å². The SMILES string of the molecule is O=[C]CCC(=O)NCCOCCOCCNC(=O)CCCCCCCCC(=O)O. The quantitative estimate of drug-likeness (QED) is 0.241. The fraction of sp³-hybridized carbons (Fsp3) is 0.800. The summed E-state index contributed by atoms with van der Waals surface area (Å²) >= 11 is 0. The minimum atomic E-state index is -0.745. The number of hydrogen-bond acceptors (Lipinski definition) is 6. The summed E-state index contributed by atoms with van der Waals surface area (Å²) in [6, 6.07) is 0. The number of carboxylic acids is 1. The molecule has 0 aromatic rings. The highest BCUT2D eigenvalue weighted by Crippen LogP contribution is 2.08. The van der Waals surface area contributed by atoms with Gasteiger partial charge in [-0.05, 0) is 12.8 Å². The van der Waals surface area contributed by atoms with E-state index in [-0.39, 0.29) is 31.1 Å². The summed E-state index contributed by atoms with van der Waals surface area (Å²) in [6.45, 7) is 2.44. The van der Waals surface area contributed by atoms with Crippen molar-refractivity contribution in [2.75, 3.05) is 39.5 Å². The Hall–Kier alpha value is -2.00. The van der Waals surface area contributed by atoms with E-state index in [1.807, 2.05) is 0 Å². The number of rotatable bonds is 21. The summed E-state index contributed by atoms with van der Waals surface area (Å²) in [5.74, 6) is -0.927. The third-order valence-electron chi connectivity index (χ3n) is 4.01. The van der Waals surface area contributed by atoms with Crippen molar-refractivity contribution in [1.29, 1.82) is 0 Å². The number of ether oxygens (including phenoxy) is 2. The maximum atomic E-state index is 11.7. The van der Waals surface area contributed by atoms with Crippen LogP contribution in [0, 0.1) is 0 Å². The smallest absolute Gasteiger partial charge is 0.303 e. The second kappa shape index (κ2) is 20.7. The Bertz CT molecular complexity index is 458. The molecule has 9 heteroatoms. The van der Waals surface area contributed by atoms with Crippen LogP contribution in [-0.2, 0) is 28.7 Å². The first kappa shape index (κ1) is 27.0. The first-order chi connectivity index (χ1) is 14.1. The molecule has 0 saturated heterocycles. The van der Waals surface area contributed by atoms with E-state index in [2.05, 4.69) is 10.6 Å². The molecule has 0 saturated carbocycles. The molecule has 0 unspecified atom stereocenters. The van der Waals surface area contributed by atoms with E-state index in [1.165, 1.54) is 0 Å². The fourth-order valence-corrected chi connectivity index (χ4v) is 2.46. The molecule has 0 spiro atoms. The van der Waals surface area contributed by atoms with Gasteiger partial charge >= 0.3 is 5.97 Å². The van der Waals surface area contributed by atoms with Crippen molar-refractivity contribution in [1.82, 2.24) is 10.6 Å². The van der Waals surface area contributed by atoms with Crippen LogP contribution in [0.15, 0.2) is 0 Å². The van der Waals surface area contributed by atoms with E-state index in [9.17, 15) is 19.2 Å². The molecule has 0 fully saturated rings. The lowest BCUT2D eigenvalue weighted by Gasteiger charge is -2.08. The topological polar surface area (TPSA) is 131 Å². The summed E-state index contributed by atoms with van der Waals surface area (Å²) in [6.07, 6.45) is 8.14. The van der Waals surface area contributed by atoms with E-state index in [0.717, 1.165) is 38.5 Å². The number of carboxylic acid groups (broad SMARTS) is 1. The molecule has 0 aromatic heterocycles. The Kier molecular flexibility index (Phi) is 19.3. The minimum absolute atomic E-state index is 0.0126. The normalized spacial score (nSPS) is 10.5. The van der Waals surface area contributed by atoms with Gasteiger partial charge in [0.2, 0.25) is 11.8 Å². The van der Waals surface area contributed by atoms with Gasteiger partial charge in [0.25, 0.3) is 0 Å². The fourth-order valence-electron chi connectivity index (χ4n) is 2.46. The minimum Gasteiger partial charge on any atom is -0.481 e. The Morgan fingerprint density at radius 3 is 1.69 bits per heavy atom. The number of unbranched alkanes of at least 4 members (excludes halogenated alkanes) is 5. The average molecular weight is 416 g/mol. The van der Waals surface area contributed by atoms with Gasteiger partial charge in [-0.2, -0.15) is 0 Å². The van der Waals surface area contributed by atoms with Gasteiger partial charge in [-0.25, -0.2) is 0 Å². The Morgan fingerprint density at radius 1 is 0.690 bits per heavy atom. The van der Waals surface area contributed by atoms with Crippen LogP contribution in [0.1, 0.15) is 64.2 Å². The number of hydrogen-bond donors (Lipinski definition) is 3. The molecule has 0 aliphatic rings. The Balaban J connectivity index is 3.24. The lowest BCUT2D eigenvalue weighted by atomic mass is 10.1. The molecule has 167 valence electrons. The molecule has 0 heterocycles. The van der Waals surface area contributed by atoms with Gasteiger partial charge in [-0.3, -0.25) is 19.2 Å². The Morgan fingerprint density at radius 2 is 1.17 bits per heavy atom. The van der Waals surface area contributed by atoms with Crippen LogP contribution in [0.3, 0.4) is 0 Å². The zero-order valence-electron chi connectivity index (χ0n) is 17.2. The Labute approximate surface area is 172 Å². The summed E-state index contributed by atoms with van der Waals surface area (Å²) in [5, 5.41) is 14.0. The van der Waals surface area contributed by atoms with Crippen molar-refractivity contribution >= 4 is 24.1 Å². The molecule has 29 heavy (non-hydrogen) atoms. The predicted molar refractivity (Wildman–Crippen MR) is 107 cm³/mol. The molecule has 0 bridgehead atoms. The van der Waals surface area contributed by atoms with Gasteiger partial charge in [0, 0.05) is 38.8 Å². The van der Waals surface area contributed by atoms with E-state index in [1.54, 1.807) is 6.29 Å². The molecule has 2 amide bonds. The largest absolute Gasteiger partial charge is 0.481 e. The molecule has 3 N–H and O–H groups in total. The molecule has 1 radical (unpaired) electrons. The number of carbonyl (C=O) groups is 3. The highest BCUT2D eigenvalue weighted by molar-refractivity contribution is 5.78. The van der Waals surface area contributed by atoms with Crippen LogP contribution in [-0.4, -0.2) is 68.7 Å². The van der Waals surface area contributed by atoms with E-state index in [4.69, 9.17) is 14.6 Å². The molecule has 9 nitrogen and oxygen atoms in total. The van der Waals surface area contributed by atoms with E-state index < -0.39 is 5.97 Å². The van der Waals surface area contributed by atoms with E-state index >= 15 is 0 Å². The standard InChI is InChI=1S/C20H35N2O7/c23-13-7-9-19(25)22-12-15-29-17-16-28-14-11-21-18(24)8-5-3-1-2-4-6-10-20(26)27/h1-12,14-17H2,(H,21,24)(H,22,25)(H,26,27). The summed E-state index contributed by atoms with van der Waals surface area (Å²) in [4.78, 5) is 43.2. The maximum absolute atomic E-state index is 11.7. The van der Waals surface area contributed by atoms with Crippen molar-refractivity contribution in [3.8, 4) is 0 Å². The van der Waals surface area contributed by atoms with E-state index in [0.29, 0.717) is 45.9 Å². The van der Waals surface area contributed by atoms with Gasteiger partial charge in [0.1, 0.15) is 0 Å². The second-order valence-corrected chi connectivity index (χ2v) is 6.58. The van der Waals surface area contributed by atoms with Gasteiger partial charge in [-0.15, -0.1) is 0 Å². The molecule has 0 atom stereocenters. The second-order valence-electron chi connectivity index (χ2n) is 6.58. The average Bonchev–Trinajstić information content (AvgIpc) is 2.69. The third kappa shape index (κ3) is 22.2. The predicted octanol–water partition coefficient (Wildman–Crippen LogP) is 1.35. The first-order valence-corrected chi connectivity index (χ1v) is 10.3. The van der Waals surface area contributed by atoms with Crippen molar-refractivity contribution < 1.29 is 33.8 Å². The summed E-state index contributed by atoms with van der Waals surface area (Å²) in [7, 11) is 0. The highest BCUT2D eigenvalue weighted by atomic mass is 16.5. The highest BCUT2D eigenvalue weighted by Gasteiger charge is 2.02. The van der Waals surface area contributed by atoms with Crippen LogP contribution < -0.4 is 10.6 Å². The van der Waals surface area contributed by atoms with Gasteiger partial charge in [0.15, 0.2) is 6.29 Å². The van der Waals surface area contributed by atoms with Crippen molar-refractivity contribution in [3.63, 3.8) is 0 Å². The number of carbonyl (C=O) groups excluding carboxylic acids is 3. The van der Waals surface area contributed by atoms with Crippen molar-refractivity contribution in [3.05, 3.63) is 0 Å². The first-order valence-electron chi connectivity index (χ1n) is 10.3. The van der Waals surface area contributed by atoms with Crippen molar-refractivity contribution in [2.24, 2.45) is 0 Å². The van der Waals surface area contributed by atoms with Gasteiger partial charge in [-0.1, -0.05) is 25.7 Å². The molecule has 0 aliphatic heterocycles. The molecular formula is C20H35N2O7.